The molecule has 0 unspecified atom stereocenters. The highest BCUT2D eigenvalue weighted by molar-refractivity contribution is 5.94. The number of carboxylic acid groups (broad SMARTS) is 1. The predicted molar refractivity (Wildman–Crippen MR) is 101 cm³/mol. The first kappa shape index (κ1) is 21.7. The second kappa shape index (κ2) is 8.83. The Hall–Kier alpha value is -2.37. The number of carbonyl (C=O) groups is 3. The second-order valence-electron chi connectivity index (χ2n) is 8.16. The number of aliphatic carboxylic acids is 1. The molecule has 0 radical (unpaired) electrons. The molecule has 0 atom stereocenters. The second-order valence-corrected chi connectivity index (χ2v) is 8.16. The van der Waals surface area contributed by atoms with E-state index in [0.29, 0.717) is 12.0 Å². The highest BCUT2D eigenvalue weighted by Crippen LogP contribution is 2.22. The minimum atomic E-state index is -0.892. The lowest BCUT2D eigenvalue weighted by Gasteiger charge is -2.25. The van der Waals surface area contributed by atoms with Crippen LogP contribution in [0.3, 0.4) is 0 Å². The molecule has 3 N–H and O–H groups in total. The van der Waals surface area contributed by atoms with Gasteiger partial charge in [-0.2, -0.15) is 0 Å². The van der Waals surface area contributed by atoms with Gasteiger partial charge in [0.15, 0.2) is 0 Å². The molecule has 2 amide bonds. The zero-order valence-corrected chi connectivity index (χ0v) is 16.3. The standard InChI is InChI=1S/C20H30N2O4/c1-19(2,3)15-8-6-14(7-9-15)18(26)21-13-11-16(23)22-20(4,5)12-10-17(24)25/h6-9H,10-13H2,1-5H3,(H,21,26)(H,22,23)(H,24,25). The van der Waals surface area contributed by atoms with E-state index >= 15 is 0 Å². The van der Waals surface area contributed by atoms with Crippen LogP contribution in [0.15, 0.2) is 24.3 Å². The van der Waals surface area contributed by atoms with Gasteiger partial charge in [0.05, 0.1) is 0 Å². The third-order valence-electron chi connectivity index (χ3n) is 4.09. The average molecular weight is 362 g/mol. The van der Waals surface area contributed by atoms with Crippen LogP contribution >= 0.6 is 0 Å². The summed E-state index contributed by atoms with van der Waals surface area (Å²) in [5.74, 6) is -1.33. The Morgan fingerprint density at radius 3 is 2.04 bits per heavy atom. The molecule has 1 aromatic rings. The quantitative estimate of drug-likeness (QED) is 0.662. The molecule has 0 aromatic heterocycles. The fraction of sp³-hybridized carbons (Fsp3) is 0.550. The molecule has 6 nitrogen and oxygen atoms in total. The highest BCUT2D eigenvalue weighted by Gasteiger charge is 2.21. The maximum absolute atomic E-state index is 12.1. The van der Waals surface area contributed by atoms with Crippen LogP contribution in [0.2, 0.25) is 0 Å². The van der Waals surface area contributed by atoms with Gasteiger partial charge >= 0.3 is 5.97 Å². The lowest BCUT2D eigenvalue weighted by atomic mass is 9.87. The van der Waals surface area contributed by atoms with Crippen molar-refractivity contribution >= 4 is 17.8 Å². The van der Waals surface area contributed by atoms with Gasteiger partial charge < -0.3 is 15.7 Å². The van der Waals surface area contributed by atoms with Crippen LogP contribution in [-0.2, 0) is 15.0 Å². The van der Waals surface area contributed by atoms with Crippen LogP contribution in [0.4, 0.5) is 0 Å². The van der Waals surface area contributed by atoms with E-state index in [-0.39, 0.29) is 36.6 Å². The molecule has 0 bridgehead atoms. The van der Waals surface area contributed by atoms with Crippen LogP contribution in [0.1, 0.15) is 69.8 Å². The van der Waals surface area contributed by atoms with Gasteiger partial charge in [-0.15, -0.1) is 0 Å². The number of benzene rings is 1. The molecule has 26 heavy (non-hydrogen) atoms. The Labute approximate surface area is 155 Å². The molecule has 0 aliphatic carbocycles. The van der Waals surface area contributed by atoms with E-state index in [1.54, 1.807) is 26.0 Å². The van der Waals surface area contributed by atoms with Gasteiger partial charge in [-0.25, -0.2) is 0 Å². The van der Waals surface area contributed by atoms with Crippen molar-refractivity contribution in [2.45, 2.75) is 64.8 Å². The zero-order chi connectivity index (χ0) is 20.0. The third kappa shape index (κ3) is 7.68. The van der Waals surface area contributed by atoms with E-state index in [9.17, 15) is 14.4 Å². The smallest absolute Gasteiger partial charge is 0.303 e. The number of hydrogen-bond donors (Lipinski definition) is 3. The Kier molecular flexibility index (Phi) is 7.36. The van der Waals surface area contributed by atoms with Crippen LogP contribution in [0.25, 0.3) is 0 Å². The van der Waals surface area contributed by atoms with E-state index in [1.165, 1.54) is 0 Å². The molecule has 0 aliphatic heterocycles. The fourth-order valence-corrected chi connectivity index (χ4v) is 2.44. The molecule has 0 heterocycles. The van der Waals surface area contributed by atoms with Gasteiger partial charge in [-0.1, -0.05) is 32.9 Å². The summed E-state index contributed by atoms with van der Waals surface area (Å²) in [5.41, 5.74) is 1.14. The van der Waals surface area contributed by atoms with Gasteiger partial charge in [-0.05, 0) is 43.4 Å². The van der Waals surface area contributed by atoms with Crippen molar-refractivity contribution in [3.63, 3.8) is 0 Å². The van der Waals surface area contributed by atoms with Gasteiger partial charge in [0.1, 0.15) is 0 Å². The van der Waals surface area contributed by atoms with E-state index in [1.807, 2.05) is 12.1 Å². The molecule has 0 aliphatic rings. The lowest BCUT2D eigenvalue weighted by Crippen LogP contribution is -2.44. The summed E-state index contributed by atoms with van der Waals surface area (Å²) in [7, 11) is 0. The monoisotopic (exact) mass is 362 g/mol. The minimum Gasteiger partial charge on any atom is -0.481 e. The topological polar surface area (TPSA) is 95.5 Å². The number of amides is 2. The first-order chi connectivity index (χ1) is 11.9. The summed E-state index contributed by atoms with van der Waals surface area (Å²) < 4.78 is 0. The van der Waals surface area contributed by atoms with Crippen molar-refractivity contribution in [2.75, 3.05) is 6.54 Å². The first-order valence-electron chi connectivity index (χ1n) is 8.82. The summed E-state index contributed by atoms with van der Waals surface area (Å²) in [6.07, 6.45) is 0.484. The third-order valence-corrected chi connectivity index (χ3v) is 4.09. The molecular formula is C20H30N2O4. The maximum atomic E-state index is 12.1. The lowest BCUT2D eigenvalue weighted by molar-refractivity contribution is -0.137. The summed E-state index contributed by atoms with van der Waals surface area (Å²) >= 11 is 0. The predicted octanol–water partition coefficient (Wildman–Crippen LogP) is 2.86. The van der Waals surface area contributed by atoms with Crippen molar-refractivity contribution in [1.29, 1.82) is 0 Å². The molecule has 144 valence electrons. The summed E-state index contributed by atoms with van der Waals surface area (Å²) in [6.45, 7) is 10.1. The number of hydrogen-bond acceptors (Lipinski definition) is 3. The van der Waals surface area contributed by atoms with Crippen LogP contribution < -0.4 is 10.6 Å². The molecule has 0 spiro atoms. The normalized spacial score (nSPS) is 11.7. The number of carboxylic acids is 1. The van der Waals surface area contributed by atoms with E-state index < -0.39 is 11.5 Å². The van der Waals surface area contributed by atoms with Gasteiger partial charge in [0.25, 0.3) is 5.91 Å². The molecule has 0 fully saturated rings. The zero-order valence-electron chi connectivity index (χ0n) is 16.3. The number of nitrogens with one attached hydrogen (secondary N) is 2. The number of carbonyl (C=O) groups excluding carboxylic acids is 2. The van der Waals surface area contributed by atoms with Crippen molar-refractivity contribution < 1.29 is 19.5 Å². The highest BCUT2D eigenvalue weighted by atomic mass is 16.4. The van der Waals surface area contributed by atoms with Crippen molar-refractivity contribution in [2.24, 2.45) is 0 Å². The van der Waals surface area contributed by atoms with E-state index in [0.717, 1.165) is 5.56 Å². The molecule has 0 saturated carbocycles. The maximum Gasteiger partial charge on any atom is 0.303 e. The SMILES string of the molecule is CC(C)(CCC(=O)O)NC(=O)CCNC(=O)c1ccc(C(C)(C)C)cc1. The van der Waals surface area contributed by atoms with Gasteiger partial charge in [0.2, 0.25) is 5.91 Å². The largest absolute Gasteiger partial charge is 0.481 e. The van der Waals surface area contributed by atoms with Crippen molar-refractivity contribution in [3.05, 3.63) is 35.4 Å². The van der Waals surface area contributed by atoms with Gasteiger partial charge in [-0.3, -0.25) is 14.4 Å². The van der Waals surface area contributed by atoms with Crippen LogP contribution in [0, 0.1) is 0 Å². The molecule has 1 aromatic carbocycles. The number of rotatable bonds is 8. The molecule has 1 rings (SSSR count). The molecule has 0 saturated heterocycles. The van der Waals surface area contributed by atoms with Gasteiger partial charge in [0, 0.05) is 30.5 Å². The Bertz CT molecular complexity index is 643. The summed E-state index contributed by atoms with van der Waals surface area (Å²) in [6, 6.07) is 7.44. The summed E-state index contributed by atoms with van der Waals surface area (Å²) in [4.78, 5) is 34.7. The van der Waals surface area contributed by atoms with E-state index in [4.69, 9.17) is 5.11 Å². The fourth-order valence-electron chi connectivity index (χ4n) is 2.44. The Balaban J connectivity index is 2.43. The van der Waals surface area contributed by atoms with Crippen LogP contribution in [0.5, 0.6) is 0 Å². The Morgan fingerprint density at radius 1 is 0.962 bits per heavy atom. The minimum absolute atomic E-state index is 0.00538. The Morgan fingerprint density at radius 2 is 1.54 bits per heavy atom. The van der Waals surface area contributed by atoms with E-state index in [2.05, 4.69) is 31.4 Å². The van der Waals surface area contributed by atoms with Crippen LogP contribution in [-0.4, -0.2) is 35.0 Å². The molecule has 6 heteroatoms. The van der Waals surface area contributed by atoms with Crippen molar-refractivity contribution in [3.8, 4) is 0 Å². The average Bonchev–Trinajstić information content (AvgIpc) is 2.52. The molecular weight excluding hydrogens is 332 g/mol. The van der Waals surface area contributed by atoms with Crippen molar-refractivity contribution in [1.82, 2.24) is 10.6 Å². The summed E-state index contributed by atoms with van der Waals surface area (Å²) in [5, 5.41) is 14.2. The first-order valence-corrected chi connectivity index (χ1v) is 8.82.